The third-order valence-corrected chi connectivity index (χ3v) is 4.31. The van der Waals surface area contributed by atoms with Crippen LogP contribution in [0, 0.1) is 11.7 Å². The molecule has 2 aromatic carbocycles. The van der Waals surface area contributed by atoms with E-state index in [0.717, 1.165) is 15.1 Å². The number of rotatable bonds is 4. The number of benzene rings is 2. The van der Waals surface area contributed by atoms with Crippen LogP contribution in [0.25, 0.3) is 0 Å². The van der Waals surface area contributed by atoms with Gasteiger partial charge in [-0.1, -0.05) is 39.7 Å². The summed E-state index contributed by atoms with van der Waals surface area (Å²) in [6, 6.07) is 13.0. The smallest absolute Gasteiger partial charge is 0.147 e. The van der Waals surface area contributed by atoms with Crippen molar-refractivity contribution in [1.29, 1.82) is 0 Å². The fourth-order valence-electron chi connectivity index (χ4n) is 2.35. The Bertz CT molecular complexity index is 610. The number of halogens is 3. The van der Waals surface area contributed by atoms with Gasteiger partial charge >= 0.3 is 0 Å². The molecule has 2 aromatic rings. The van der Waals surface area contributed by atoms with Gasteiger partial charge in [0.1, 0.15) is 5.82 Å². The van der Waals surface area contributed by atoms with E-state index in [4.69, 9.17) is 11.6 Å². The van der Waals surface area contributed by atoms with Crippen molar-refractivity contribution in [2.75, 3.05) is 5.32 Å². The second-order valence-corrected chi connectivity index (χ2v) is 6.49. The van der Waals surface area contributed by atoms with Gasteiger partial charge < -0.3 is 5.32 Å². The number of anilines is 1. The van der Waals surface area contributed by atoms with E-state index in [1.54, 1.807) is 6.07 Å². The lowest BCUT2D eigenvalue weighted by Crippen LogP contribution is -2.13. The second-order valence-electron chi connectivity index (χ2n) is 5.14. The van der Waals surface area contributed by atoms with Gasteiger partial charge in [0.05, 0.1) is 11.7 Å². The van der Waals surface area contributed by atoms with Crippen LogP contribution in [0.5, 0.6) is 0 Å². The molecular weight excluding hydrogens is 341 g/mol. The van der Waals surface area contributed by atoms with Crippen LogP contribution in [0.4, 0.5) is 10.1 Å². The SMILES string of the molecule is Fc1cc(Br)ccc1NC(c1ccc(Cl)cc1)C1CC1. The van der Waals surface area contributed by atoms with E-state index in [1.165, 1.54) is 18.9 Å². The van der Waals surface area contributed by atoms with E-state index in [1.807, 2.05) is 30.3 Å². The molecule has 1 nitrogen and oxygen atoms in total. The number of hydrogen-bond acceptors (Lipinski definition) is 1. The largest absolute Gasteiger partial charge is 0.376 e. The van der Waals surface area contributed by atoms with Crippen molar-refractivity contribution in [3.05, 3.63) is 63.3 Å². The maximum Gasteiger partial charge on any atom is 0.147 e. The van der Waals surface area contributed by atoms with Crippen LogP contribution in [0.15, 0.2) is 46.9 Å². The summed E-state index contributed by atoms with van der Waals surface area (Å²) in [5, 5.41) is 4.05. The molecule has 104 valence electrons. The highest BCUT2D eigenvalue weighted by Crippen LogP contribution is 2.43. The van der Waals surface area contributed by atoms with Crippen molar-refractivity contribution in [3.8, 4) is 0 Å². The molecule has 1 aliphatic rings. The number of nitrogens with one attached hydrogen (secondary N) is 1. The van der Waals surface area contributed by atoms with Gasteiger partial charge in [-0.3, -0.25) is 0 Å². The van der Waals surface area contributed by atoms with Crippen molar-refractivity contribution < 1.29 is 4.39 Å². The van der Waals surface area contributed by atoms with E-state index in [2.05, 4.69) is 21.2 Å². The molecule has 0 heterocycles. The third-order valence-electron chi connectivity index (χ3n) is 3.56. The molecule has 0 radical (unpaired) electrons. The van der Waals surface area contributed by atoms with E-state index >= 15 is 0 Å². The first kappa shape index (κ1) is 13.9. The highest BCUT2D eigenvalue weighted by molar-refractivity contribution is 9.10. The van der Waals surface area contributed by atoms with Gasteiger partial charge in [-0.2, -0.15) is 0 Å². The summed E-state index contributed by atoms with van der Waals surface area (Å²) in [5.41, 5.74) is 1.69. The van der Waals surface area contributed by atoms with Crippen molar-refractivity contribution in [3.63, 3.8) is 0 Å². The van der Waals surface area contributed by atoms with Gasteiger partial charge in [0.25, 0.3) is 0 Å². The van der Waals surface area contributed by atoms with E-state index in [0.29, 0.717) is 11.6 Å². The van der Waals surface area contributed by atoms with Crippen molar-refractivity contribution >= 4 is 33.2 Å². The zero-order chi connectivity index (χ0) is 14.1. The van der Waals surface area contributed by atoms with Gasteiger partial charge in [0, 0.05) is 9.50 Å². The zero-order valence-electron chi connectivity index (χ0n) is 10.7. The highest BCUT2D eigenvalue weighted by atomic mass is 79.9. The first-order chi connectivity index (χ1) is 9.63. The quantitative estimate of drug-likeness (QED) is 0.731. The van der Waals surface area contributed by atoms with Crippen molar-refractivity contribution in [2.45, 2.75) is 18.9 Å². The third kappa shape index (κ3) is 3.15. The summed E-state index contributed by atoms with van der Waals surface area (Å²) >= 11 is 9.20. The molecule has 0 bridgehead atoms. The lowest BCUT2D eigenvalue weighted by Gasteiger charge is -2.20. The molecule has 1 atom stereocenters. The fraction of sp³-hybridized carbons (Fsp3) is 0.250. The predicted molar refractivity (Wildman–Crippen MR) is 84.6 cm³/mol. The first-order valence-corrected chi connectivity index (χ1v) is 7.77. The molecule has 0 aromatic heterocycles. The lowest BCUT2D eigenvalue weighted by molar-refractivity contribution is 0.615. The van der Waals surface area contributed by atoms with Gasteiger partial charge in [0.15, 0.2) is 0 Å². The summed E-state index contributed by atoms with van der Waals surface area (Å²) in [6.45, 7) is 0. The lowest BCUT2D eigenvalue weighted by atomic mass is 10.0. The molecule has 0 aliphatic heterocycles. The summed E-state index contributed by atoms with van der Waals surface area (Å²) < 4.78 is 14.7. The fourth-order valence-corrected chi connectivity index (χ4v) is 2.81. The average Bonchev–Trinajstić information content (AvgIpc) is 3.24. The van der Waals surface area contributed by atoms with Crippen LogP contribution < -0.4 is 5.32 Å². The zero-order valence-corrected chi connectivity index (χ0v) is 13.1. The Kier molecular flexibility index (Phi) is 3.99. The van der Waals surface area contributed by atoms with E-state index < -0.39 is 0 Å². The minimum Gasteiger partial charge on any atom is -0.376 e. The van der Waals surface area contributed by atoms with Crippen LogP contribution in [-0.2, 0) is 0 Å². The predicted octanol–water partition coefficient (Wildman–Crippen LogP) is 5.80. The molecule has 0 amide bonds. The van der Waals surface area contributed by atoms with Crippen LogP contribution >= 0.6 is 27.5 Å². The molecule has 0 saturated heterocycles. The minimum absolute atomic E-state index is 0.142. The summed E-state index contributed by atoms with van der Waals surface area (Å²) in [6.07, 6.45) is 2.36. The Labute approximate surface area is 131 Å². The van der Waals surface area contributed by atoms with Crippen LogP contribution in [0.3, 0.4) is 0 Å². The Morgan fingerprint density at radius 3 is 2.45 bits per heavy atom. The minimum atomic E-state index is -0.237. The van der Waals surface area contributed by atoms with Crippen molar-refractivity contribution in [2.24, 2.45) is 5.92 Å². The molecule has 1 unspecified atom stereocenters. The standard InChI is InChI=1S/C16H14BrClFN/c17-12-5-8-15(14(19)9-12)20-16(10-1-2-10)11-3-6-13(18)7-4-11/h3-10,16,20H,1-2H2. The Balaban J connectivity index is 1.86. The molecule has 1 aliphatic carbocycles. The summed E-state index contributed by atoms with van der Waals surface area (Å²) in [4.78, 5) is 0. The Morgan fingerprint density at radius 1 is 1.15 bits per heavy atom. The van der Waals surface area contributed by atoms with E-state index in [-0.39, 0.29) is 11.9 Å². The summed E-state index contributed by atoms with van der Waals surface area (Å²) in [7, 11) is 0. The molecule has 0 spiro atoms. The molecular formula is C16H14BrClFN. The molecule has 4 heteroatoms. The molecule has 1 N–H and O–H groups in total. The first-order valence-electron chi connectivity index (χ1n) is 6.60. The normalized spacial score (nSPS) is 15.9. The molecule has 1 saturated carbocycles. The molecule has 3 rings (SSSR count). The van der Waals surface area contributed by atoms with Gasteiger partial charge in [-0.15, -0.1) is 0 Å². The average molecular weight is 355 g/mol. The summed E-state index contributed by atoms with van der Waals surface area (Å²) in [5.74, 6) is 0.332. The van der Waals surface area contributed by atoms with Gasteiger partial charge in [-0.25, -0.2) is 4.39 Å². The topological polar surface area (TPSA) is 12.0 Å². The van der Waals surface area contributed by atoms with Gasteiger partial charge in [0.2, 0.25) is 0 Å². The molecule has 20 heavy (non-hydrogen) atoms. The maximum atomic E-state index is 14.0. The maximum absolute atomic E-state index is 14.0. The van der Waals surface area contributed by atoms with Crippen molar-refractivity contribution in [1.82, 2.24) is 0 Å². The number of hydrogen-bond donors (Lipinski definition) is 1. The second kappa shape index (κ2) is 5.74. The van der Waals surface area contributed by atoms with Crippen LogP contribution in [-0.4, -0.2) is 0 Å². The van der Waals surface area contributed by atoms with Crippen LogP contribution in [0.1, 0.15) is 24.4 Å². The van der Waals surface area contributed by atoms with Gasteiger partial charge in [-0.05, 0) is 54.7 Å². The Hall–Kier alpha value is -1.06. The monoisotopic (exact) mass is 353 g/mol. The highest BCUT2D eigenvalue weighted by Gasteiger charge is 2.32. The Morgan fingerprint density at radius 2 is 1.85 bits per heavy atom. The molecule has 1 fully saturated rings. The van der Waals surface area contributed by atoms with E-state index in [9.17, 15) is 4.39 Å². The van der Waals surface area contributed by atoms with Crippen LogP contribution in [0.2, 0.25) is 5.02 Å².